The van der Waals surface area contributed by atoms with Crippen LogP contribution in [0, 0.1) is 5.41 Å². The molecule has 0 bridgehead atoms. The summed E-state index contributed by atoms with van der Waals surface area (Å²) in [6, 6.07) is 16.7. The number of nitrogens with one attached hydrogen (secondary N) is 1. The number of halogens is 2. The van der Waals surface area contributed by atoms with Crippen molar-refractivity contribution in [1.29, 1.82) is 0 Å². The molecule has 8 nitrogen and oxygen atoms in total. The predicted molar refractivity (Wildman–Crippen MR) is 158 cm³/mol. The van der Waals surface area contributed by atoms with Gasteiger partial charge in [0.2, 0.25) is 15.9 Å². The van der Waals surface area contributed by atoms with Crippen molar-refractivity contribution in [2.75, 3.05) is 13.7 Å². The van der Waals surface area contributed by atoms with Crippen LogP contribution in [0.15, 0.2) is 78.0 Å². The molecule has 2 heterocycles. The van der Waals surface area contributed by atoms with E-state index in [9.17, 15) is 18.0 Å². The molecule has 1 saturated heterocycles. The number of nitrogens with zero attached hydrogens (tertiary/aromatic N) is 2. The standard InChI is InChI=1S/C30H33Cl2N3O5S/c1-4-24(18-34-41(38,39)25-9-6-14-33-19-25)35-28(20-10-12-22(31)13-11-20)26(21-7-5-8-23(32)15-21)16-30(2,29(35)37)17-27(36)40-3/h5-15,19,24,26,28,34H,4,16-18H2,1-3H3/t24-,26+,28+,30+/m0/s1. The first-order valence-electron chi connectivity index (χ1n) is 13.3. The summed E-state index contributed by atoms with van der Waals surface area (Å²) >= 11 is 12.6. The Kier molecular flexibility index (Phi) is 9.74. The zero-order chi connectivity index (χ0) is 29.8. The van der Waals surface area contributed by atoms with Gasteiger partial charge in [-0.1, -0.05) is 61.3 Å². The maximum atomic E-state index is 14.5. The topological polar surface area (TPSA) is 106 Å². The van der Waals surface area contributed by atoms with Crippen LogP contribution in [0.3, 0.4) is 0 Å². The van der Waals surface area contributed by atoms with Gasteiger partial charge < -0.3 is 9.64 Å². The van der Waals surface area contributed by atoms with E-state index < -0.39 is 33.5 Å². The predicted octanol–water partition coefficient (Wildman–Crippen LogP) is 5.77. The van der Waals surface area contributed by atoms with Crippen LogP contribution in [0.25, 0.3) is 0 Å². The number of rotatable bonds is 10. The molecule has 0 spiro atoms. The van der Waals surface area contributed by atoms with Gasteiger partial charge in [-0.05, 0) is 60.4 Å². The Morgan fingerprint density at radius 1 is 1.12 bits per heavy atom. The first-order chi connectivity index (χ1) is 19.5. The van der Waals surface area contributed by atoms with Crippen molar-refractivity contribution < 1.29 is 22.7 Å². The molecule has 1 aromatic heterocycles. The number of methoxy groups -OCH3 is 1. The number of carbonyl (C=O) groups excluding carboxylic acids is 2. The van der Waals surface area contributed by atoms with Crippen molar-refractivity contribution in [3.8, 4) is 0 Å². The summed E-state index contributed by atoms with van der Waals surface area (Å²) in [4.78, 5) is 32.7. The van der Waals surface area contributed by atoms with Gasteiger partial charge in [-0.15, -0.1) is 0 Å². The Morgan fingerprint density at radius 2 is 1.85 bits per heavy atom. The SMILES string of the molecule is CC[C@@H](CNS(=O)(=O)c1cccnc1)N1C(=O)[C@@](C)(CC(=O)OC)C[C@H](c2cccc(Cl)c2)[C@H]1c1ccc(Cl)cc1. The Bertz CT molecular complexity index is 1490. The number of amides is 1. The molecular weight excluding hydrogens is 585 g/mol. The van der Waals surface area contributed by atoms with Crippen LogP contribution < -0.4 is 4.72 Å². The van der Waals surface area contributed by atoms with Crippen LogP contribution in [0.1, 0.15) is 56.2 Å². The molecule has 0 aliphatic carbocycles. The summed E-state index contributed by atoms with van der Waals surface area (Å²) in [6.07, 6.45) is 3.44. The van der Waals surface area contributed by atoms with E-state index >= 15 is 0 Å². The Hall–Kier alpha value is -2.98. The van der Waals surface area contributed by atoms with E-state index in [1.807, 2.05) is 37.3 Å². The van der Waals surface area contributed by atoms with E-state index in [0.29, 0.717) is 22.9 Å². The molecular formula is C30H33Cl2N3O5S. The lowest BCUT2D eigenvalue weighted by Crippen LogP contribution is -2.58. The number of sulfonamides is 1. The molecule has 218 valence electrons. The molecule has 0 radical (unpaired) electrons. The highest BCUT2D eigenvalue weighted by atomic mass is 35.5. The van der Waals surface area contributed by atoms with Crippen molar-refractivity contribution in [1.82, 2.24) is 14.6 Å². The van der Waals surface area contributed by atoms with Crippen molar-refractivity contribution in [2.45, 2.75) is 56.0 Å². The van der Waals surface area contributed by atoms with Crippen LogP contribution in [-0.2, 0) is 24.3 Å². The summed E-state index contributed by atoms with van der Waals surface area (Å²) < 4.78 is 33.8. The number of piperidine rings is 1. The highest BCUT2D eigenvalue weighted by Gasteiger charge is 2.52. The summed E-state index contributed by atoms with van der Waals surface area (Å²) in [5, 5.41) is 1.10. The maximum Gasteiger partial charge on any atom is 0.306 e. The van der Waals surface area contributed by atoms with Gasteiger partial charge in [0.1, 0.15) is 4.90 Å². The van der Waals surface area contributed by atoms with E-state index in [-0.39, 0.29) is 29.7 Å². The monoisotopic (exact) mass is 617 g/mol. The van der Waals surface area contributed by atoms with Crippen LogP contribution in [0.4, 0.5) is 0 Å². The van der Waals surface area contributed by atoms with E-state index in [1.165, 1.54) is 25.6 Å². The second kappa shape index (κ2) is 12.9. The smallest absolute Gasteiger partial charge is 0.306 e. The first kappa shape index (κ1) is 31.0. The third kappa shape index (κ3) is 6.92. The van der Waals surface area contributed by atoms with Crippen LogP contribution in [0.5, 0.6) is 0 Å². The summed E-state index contributed by atoms with van der Waals surface area (Å²) in [6.45, 7) is 3.62. The number of benzene rings is 2. The maximum absolute atomic E-state index is 14.5. The van der Waals surface area contributed by atoms with Gasteiger partial charge in [0.25, 0.3) is 0 Å². The van der Waals surface area contributed by atoms with Crippen molar-refractivity contribution in [2.24, 2.45) is 5.41 Å². The first-order valence-corrected chi connectivity index (χ1v) is 15.5. The lowest BCUT2D eigenvalue weighted by Gasteiger charge is -2.52. The average Bonchev–Trinajstić information content (AvgIpc) is 2.96. The number of likely N-dealkylation sites (tertiary alicyclic amines) is 1. The Morgan fingerprint density at radius 3 is 2.46 bits per heavy atom. The van der Waals surface area contributed by atoms with E-state index in [2.05, 4.69) is 9.71 Å². The minimum absolute atomic E-state index is 0.0291. The summed E-state index contributed by atoms with van der Waals surface area (Å²) in [5.41, 5.74) is 0.622. The summed E-state index contributed by atoms with van der Waals surface area (Å²) in [7, 11) is -2.60. The number of carbonyl (C=O) groups is 2. The molecule has 11 heteroatoms. The number of ether oxygens (including phenoxy) is 1. The van der Waals surface area contributed by atoms with Crippen molar-refractivity contribution in [3.63, 3.8) is 0 Å². The van der Waals surface area contributed by atoms with Crippen LogP contribution >= 0.6 is 23.2 Å². The largest absolute Gasteiger partial charge is 0.469 e. The van der Waals surface area contributed by atoms with Gasteiger partial charge in [0.05, 0.1) is 25.0 Å². The van der Waals surface area contributed by atoms with Crippen molar-refractivity contribution in [3.05, 3.63) is 94.2 Å². The van der Waals surface area contributed by atoms with Gasteiger partial charge in [-0.2, -0.15) is 0 Å². The molecule has 0 unspecified atom stereocenters. The number of pyridine rings is 1. The fourth-order valence-corrected chi connectivity index (χ4v) is 6.93. The highest BCUT2D eigenvalue weighted by molar-refractivity contribution is 7.89. The van der Waals surface area contributed by atoms with Crippen LogP contribution in [0.2, 0.25) is 10.0 Å². The van der Waals surface area contributed by atoms with Crippen molar-refractivity contribution >= 4 is 45.1 Å². The minimum atomic E-state index is -3.89. The number of hydrogen-bond acceptors (Lipinski definition) is 6. The van der Waals surface area contributed by atoms with Gasteiger partial charge in [-0.3, -0.25) is 14.6 Å². The summed E-state index contributed by atoms with van der Waals surface area (Å²) in [5.74, 6) is -1.03. The molecule has 1 N–H and O–H groups in total. The van der Waals surface area contributed by atoms with Crippen LogP contribution in [-0.4, -0.2) is 49.9 Å². The molecule has 1 fully saturated rings. The van der Waals surface area contributed by atoms with E-state index in [1.54, 1.807) is 36.1 Å². The van der Waals surface area contributed by atoms with Gasteiger partial charge in [0, 0.05) is 40.9 Å². The molecule has 1 aliphatic heterocycles. The Balaban J connectivity index is 1.83. The van der Waals surface area contributed by atoms with E-state index in [0.717, 1.165) is 11.1 Å². The second-order valence-corrected chi connectivity index (χ2v) is 13.1. The quantitative estimate of drug-likeness (QED) is 0.289. The fraction of sp³-hybridized carbons (Fsp3) is 0.367. The van der Waals surface area contributed by atoms with Gasteiger partial charge >= 0.3 is 5.97 Å². The third-order valence-corrected chi connectivity index (χ3v) is 9.57. The second-order valence-electron chi connectivity index (χ2n) is 10.5. The fourth-order valence-electron chi connectivity index (χ4n) is 5.57. The third-order valence-electron chi connectivity index (χ3n) is 7.67. The molecule has 3 aromatic rings. The number of aromatic nitrogens is 1. The van der Waals surface area contributed by atoms with Gasteiger partial charge in [-0.25, -0.2) is 13.1 Å². The molecule has 1 aliphatic rings. The molecule has 1 amide bonds. The van der Waals surface area contributed by atoms with Gasteiger partial charge in [0.15, 0.2) is 0 Å². The zero-order valence-electron chi connectivity index (χ0n) is 23.1. The molecule has 2 aromatic carbocycles. The molecule has 4 atom stereocenters. The number of hydrogen-bond donors (Lipinski definition) is 1. The lowest BCUT2D eigenvalue weighted by molar-refractivity contribution is -0.161. The molecule has 0 saturated carbocycles. The number of esters is 1. The minimum Gasteiger partial charge on any atom is -0.469 e. The molecule has 41 heavy (non-hydrogen) atoms. The van der Waals surface area contributed by atoms with E-state index in [4.69, 9.17) is 27.9 Å². The molecule has 4 rings (SSSR count). The lowest BCUT2D eigenvalue weighted by atomic mass is 9.67. The normalized spacial score (nSPS) is 21.9. The zero-order valence-corrected chi connectivity index (χ0v) is 25.4. The highest BCUT2D eigenvalue weighted by Crippen LogP contribution is 2.52. The average molecular weight is 619 g/mol. The Labute approximate surface area is 251 Å².